The molecule has 1 rings (SSSR count). The Morgan fingerprint density at radius 1 is 1.50 bits per heavy atom. The van der Waals surface area contributed by atoms with Crippen LogP contribution < -0.4 is 9.47 Å². The molecule has 1 aromatic carbocycles. The number of ether oxygens (including phenoxy) is 2. The maximum absolute atomic E-state index is 10.1. The number of halogens is 1. The van der Waals surface area contributed by atoms with Gasteiger partial charge in [0, 0.05) is 10.0 Å². The van der Waals surface area contributed by atoms with E-state index in [0.717, 1.165) is 10.0 Å². The summed E-state index contributed by atoms with van der Waals surface area (Å²) in [4.78, 5) is 13.7. The zero-order valence-electron chi connectivity index (χ0n) is 9.12. The van der Waals surface area contributed by atoms with E-state index >= 15 is 0 Å². The minimum Gasteiger partial charge on any atom is -0.493 e. The van der Waals surface area contributed by atoms with E-state index in [4.69, 9.17) is 9.47 Å². The van der Waals surface area contributed by atoms with E-state index in [1.165, 1.54) is 6.08 Å². The molecule has 86 valence electrons. The maximum Gasteiger partial charge on any atom is 0.235 e. The second-order valence-corrected chi connectivity index (χ2v) is 3.75. The third-order valence-corrected chi connectivity index (χ3v) is 2.72. The highest BCUT2D eigenvalue weighted by Crippen LogP contribution is 2.36. The van der Waals surface area contributed by atoms with Gasteiger partial charge < -0.3 is 9.47 Å². The third-order valence-electron chi connectivity index (χ3n) is 1.98. The summed E-state index contributed by atoms with van der Waals surface area (Å²) in [6.07, 6.45) is 1.51. The van der Waals surface area contributed by atoms with Crippen molar-refractivity contribution in [3.8, 4) is 11.5 Å². The van der Waals surface area contributed by atoms with Crippen LogP contribution in [-0.2, 0) is 11.3 Å². The van der Waals surface area contributed by atoms with E-state index in [0.29, 0.717) is 18.1 Å². The number of hydrogen-bond acceptors (Lipinski definition) is 4. The topological polar surface area (TPSA) is 47.9 Å². The van der Waals surface area contributed by atoms with E-state index in [1.807, 2.05) is 13.0 Å². The summed E-state index contributed by atoms with van der Waals surface area (Å²) in [5.41, 5.74) is 0.782. The average Bonchev–Trinajstić information content (AvgIpc) is 2.29. The van der Waals surface area contributed by atoms with Gasteiger partial charge in [-0.25, -0.2) is 9.79 Å². The van der Waals surface area contributed by atoms with Gasteiger partial charge in [0.15, 0.2) is 11.5 Å². The van der Waals surface area contributed by atoms with Crippen LogP contribution in [0.4, 0.5) is 0 Å². The monoisotopic (exact) mass is 285 g/mol. The minimum absolute atomic E-state index is 0.219. The molecule has 0 spiro atoms. The quantitative estimate of drug-likeness (QED) is 0.617. The second kappa shape index (κ2) is 6.30. The van der Waals surface area contributed by atoms with E-state index in [1.54, 1.807) is 13.2 Å². The van der Waals surface area contributed by atoms with Crippen LogP contribution in [-0.4, -0.2) is 19.8 Å². The van der Waals surface area contributed by atoms with E-state index < -0.39 is 0 Å². The summed E-state index contributed by atoms with van der Waals surface area (Å²) < 4.78 is 11.5. The van der Waals surface area contributed by atoms with Gasteiger partial charge in [-0.05, 0) is 19.1 Å². The first kappa shape index (κ1) is 12.7. The zero-order chi connectivity index (χ0) is 12.0. The molecule has 0 aliphatic carbocycles. The van der Waals surface area contributed by atoms with Crippen molar-refractivity contribution in [1.29, 1.82) is 0 Å². The van der Waals surface area contributed by atoms with Crippen LogP contribution in [0.1, 0.15) is 12.5 Å². The first-order valence-electron chi connectivity index (χ1n) is 4.76. The van der Waals surface area contributed by atoms with Gasteiger partial charge in [-0.3, -0.25) is 0 Å². The molecule has 0 aliphatic heterocycles. The fraction of sp³-hybridized carbons (Fsp3) is 0.364. The number of benzene rings is 1. The van der Waals surface area contributed by atoms with Crippen molar-refractivity contribution < 1.29 is 14.3 Å². The van der Waals surface area contributed by atoms with Crippen LogP contribution in [0.25, 0.3) is 0 Å². The number of nitrogens with zero attached hydrogens (tertiary/aromatic N) is 1. The summed E-state index contributed by atoms with van der Waals surface area (Å²) in [6.45, 7) is 2.62. The Kier molecular flexibility index (Phi) is 5.02. The lowest BCUT2D eigenvalue weighted by Gasteiger charge is -2.14. The molecule has 0 amide bonds. The van der Waals surface area contributed by atoms with Crippen LogP contribution in [0.2, 0.25) is 0 Å². The van der Waals surface area contributed by atoms with Gasteiger partial charge in [0.05, 0.1) is 20.3 Å². The summed E-state index contributed by atoms with van der Waals surface area (Å²) in [5, 5.41) is 0. The van der Waals surface area contributed by atoms with Crippen LogP contribution in [0.5, 0.6) is 11.5 Å². The van der Waals surface area contributed by atoms with Crippen LogP contribution in [0.15, 0.2) is 21.6 Å². The van der Waals surface area contributed by atoms with Gasteiger partial charge in [-0.2, -0.15) is 0 Å². The molecule has 0 N–H and O–H groups in total. The Morgan fingerprint density at radius 2 is 2.25 bits per heavy atom. The lowest BCUT2D eigenvalue weighted by atomic mass is 10.2. The number of methoxy groups -OCH3 is 1. The summed E-state index contributed by atoms with van der Waals surface area (Å²) in [7, 11) is 1.57. The number of rotatable bonds is 5. The van der Waals surface area contributed by atoms with Crippen molar-refractivity contribution in [2.45, 2.75) is 13.5 Å². The molecule has 0 unspecified atom stereocenters. The van der Waals surface area contributed by atoms with Gasteiger partial charge in [0.1, 0.15) is 0 Å². The fourth-order valence-electron chi connectivity index (χ4n) is 1.30. The zero-order valence-corrected chi connectivity index (χ0v) is 10.7. The highest BCUT2D eigenvalue weighted by atomic mass is 79.9. The molecule has 5 heteroatoms. The van der Waals surface area contributed by atoms with Crippen molar-refractivity contribution in [3.63, 3.8) is 0 Å². The first-order chi connectivity index (χ1) is 7.74. The molecule has 0 aromatic heterocycles. The van der Waals surface area contributed by atoms with Crippen molar-refractivity contribution in [2.24, 2.45) is 4.99 Å². The van der Waals surface area contributed by atoms with E-state index in [9.17, 15) is 4.79 Å². The summed E-state index contributed by atoms with van der Waals surface area (Å²) >= 11 is 3.39. The number of hydrogen-bond donors (Lipinski definition) is 0. The van der Waals surface area contributed by atoms with Gasteiger partial charge in [-0.15, -0.1) is 0 Å². The van der Waals surface area contributed by atoms with Crippen molar-refractivity contribution >= 4 is 22.0 Å². The molecule has 0 radical (unpaired) electrons. The Bertz CT molecular complexity index is 414. The third kappa shape index (κ3) is 2.84. The number of aliphatic imine (C=N–C) groups is 1. The predicted molar refractivity (Wildman–Crippen MR) is 63.7 cm³/mol. The number of isocyanates is 1. The first-order valence-corrected chi connectivity index (χ1v) is 5.55. The van der Waals surface area contributed by atoms with Gasteiger partial charge >= 0.3 is 0 Å². The number of carbonyl (C=O) groups excluding carboxylic acids is 1. The predicted octanol–water partition coefficient (Wildman–Crippen LogP) is 2.69. The van der Waals surface area contributed by atoms with Crippen LogP contribution >= 0.6 is 15.9 Å². The molecule has 16 heavy (non-hydrogen) atoms. The molecule has 0 fully saturated rings. The maximum atomic E-state index is 10.1. The van der Waals surface area contributed by atoms with Crippen molar-refractivity contribution in [3.05, 3.63) is 22.2 Å². The molecule has 0 bridgehead atoms. The lowest BCUT2D eigenvalue weighted by molar-refractivity contribution is 0.307. The molecular formula is C11H12BrNO3. The summed E-state index contributed by atoms with van der Waals surface area (Å²) in [6, 6.07) is 3.63. The van der Waals surface area contributed by atoms with Crippen LogP contribution in [0, 0.1) is 0 Å². The van der Waals surface area contributed by atoms with Gasteiger partial charge in [0.25, 0.3) is 0 Å². The SMILES string of the molecule is CCOc1c(OC)ccc(Br)c1CN=C=O. The largest absolute Gasteiger partial charge is 0.493 e. The highest BCUT2D eigenvalue weighted by Gasteiger charge is 2.13. The average molecular weight is 286 g/mol. The Balaban J connectivity index is 3.22. The lowest BCUT2D eigenvalue weighted by Crippen LogP contribution is -2.00. The smallest absolute Gasteiger partial charge is 0.235 e. The molecular weight excluding hydrogens is 274 g/mol. The molecule has 0 saturated carbocycles. The molecule has 4 nitrogen and oxygen atoms in total. The molecule has 0 atom stereocenters. The van der Waals surface area contributed by atoms with Crippen LogP contribution in [0.3, 0.4) is 0 Å². The minimum atomic E-state index is 0.219. The normalized spacial score (nSPS) is 9.44. The molecule has 0 aliphatic rings. The van der Waals surface area contributed by atoms with Gasteiger partial charge in [0.2, 0.25) is 6.08 Å². The molecule has 0 saturated heterocycles. The highest BCUT2D eigenvalue weighted by molar-refractivity contribution is 9.10. The van der Waals surface area contributed by atoms with E-state index in [-0.39, 0.29) is 6.54 Å². The summed E-state index contributed by atoms with van der Waals surface area (Å²) in [5.74, 6) is 1.24. The Labute approximate surface area is 102 Å². The van der Waals surface area contributed by atoms with Gasteiger partial charge in [-0.1, -0.05) is 15.9 Å². The Morgan fingerprint density at radius 3 is 2.81 bits per heavy atom. The Hall–Kier alpha value is -1.32. The van der Waals surface area contributed by atoms with Crippen molar-refractivity contribution in [1.82, 2.24) is 0 Å². The molecule has 1 aromatic rings. The van der Waals surface area contributed by atoms with Crippen molar-refractivity contribution in [2.75, 3.05) is 13.7 Å². The second-order valence-electron chi connectivity index (χ2n) is 2.90. The standard InChI is InChI=1S/C11H12BrNO3/c1-3-16-11-8(6-13-7-14)9(12)4-5-10(11)15-2/h4-5H,3,6H2,1-2H3. The molecule has 0 heterocycles. The van der Waals surface area contributed by atoms with E-state index in [2.05, 4.69) is 20.9 Å². The fourth-order valence-corrected chi connectivity index (χ4v) is 1.74.